The highest BCUT2D eigenvalue weighted by Gasteiger charge is 2.35. The average Bonchev–Trinajstić information content (AvgIpc) is 3.10. The Morgan fingerprint density at radius 1 is 1.13 bits per heavy atom. The van der Waals surface area contributed by atoms with Crippen molar-refractivity contribution in [2.24, 2.45) is 7.05 Å². The zero-order valence-corrected chi connectivity index (χ0v) is 17.6. The third-order valence-corrected chi connectivity index (χ3v) is 6.09. The van der Waals surface area contributed by atoms with Crippen LogP contribution in [0, 0.1) is 6.92 Å². The van der Waals surface area contributed by atoms with Crippen molar-refractivity contribution in [3.63, 3.8) is 0 Å². The number of phenols is 1. The number of aryl methyl sites for hydroxylation is 1. The molecule has 160 valence electrons. The predicted octanol–water partition coefficient (Wildman–Crippen LogP) is 4.50. The maximum Gasteiger partial charge on any atom is 0.431 e. The van der Waals surface area contributed by atoms with Crippen LogP contribution in [0.2, 0.25) is 5.02 Å². The van der Waals surface area contributed by atoms with Crippen LogP contribution in [0.1, 0.15) is 11.3 Å². The molecule has 0 fully saturated rings. The van der Waals surface area contributed by atoms with E-state index in [4.69, 9.17) is 11.6 Å². The van der Waals surface area contributed by atoms with Crippen LogP contribution in [-0.4, -0.2) is 18.6 Å². The van der Waals surface area contributed by atoms with E-state index in [-0.39, 0.29) is 11.4 Å². The van der Waals surface area contributed by atoms with Crippen LogP contribution in [-0.2, 0) is 13.2 Å². The molecular formula is C20H13ClF3N3O3S. The molecule has 6 nitrogen and oxygen atoms in total. The van der Waals surface area contributed by atoms with Gasteiger partial charge in [-0.15, -0.1) is 0 Å². The molecule has 2 aromatic heterocycles. The molecule has 2 aromatic carbocycles. The number of hydrogen-bond donors (Lipinski definition) is 1. The van der Waals surface area contributed by atoms with Gasteiger partial charge in [0.1, 0.15) is 11.4 Å². The van der Waals surface area contributed by atoms with Crippen molar-refractivity contribution >= 4 is 33.2 Å². The molecule has 0 aliphatic carbocycles. The van der Waals surface area contributed by atoms with E-state index in [0.717, 1.165) is 18.6 Å². The summed E-state index contributed by atoms with van der Waals surface area (Å²) in [7, 11) is 0.950. The Balaban J connectivity index is 1.96. The molecule has 4 rings (SSSR count). The highest BCUT2D eigenvalue weighted by atomic mass is 35.5. The lowest BCUT2D eigenvalue weighted by molar-refractivity contribution is -0.144. The highest BCUT2D eigenvalue weighted by Crippen LogP contribution is 2.39. The second-order valence-corrected chi connectivity index (χ2v) is 8.08. The summed E-state index contributed by atoms with van der Waals surface area (Å²) in [5.74, 6) is -0.101. The van der Waals surface area contributed by atoms with Crippen LogP contribution in [0.5, 0.6) is 5.75 Å². The van der Waals surface area contributed by atoms with Crippen molar-refractivity contribution in [1.82, 2.24) is 13.5 Å². The average molecular weight is 468 g/mol. The quantitative estimate of drug-likeness (QED) is 0.471. The number of aromatic nitrogens is 3. The van der Waals surface area contributed by atoms with Gasteiger partial charge in [0.25, 0.3) is 5.56 Å². The molecule has 4 aromatic rings. The standard InChI is InChI=1S/C20H13ClF3N3O3S/c1-9-5-11(14(28)7-13(9)21)18-12-6-10(3-4-15(12)31-25-18)27-17(29)8-16(20(22,23)24)26(2)19(27)30/h3-8,28H,1-2H3. The number of phenolic OH excluding ortho intramolecular Hbond substituents is 1. The second-order valence-electron chi connectivity index (χ2n) is 6.87. The number of benzene rings is 2. The summed E-state index contributed by atoms with van der Waals surface area (Å²) in [6.07, 6.45) is -4.84. The molecule has 0 aliphatic rings. The lowest BCUT2D eigenvalue weighted by Gasteiger charge is -2.14. The van der Waals surface area contributed by atoms with Gasteiger partial charge in [0.2, 0.25) is 0 Å². The third-order valence-electron chi connectivity index (χ3n) is 4.85. The summed E-state index contributed by atoms with van der Waals surface area (Å²) in [5.41, 5.74) is -1.98. The predicted molar refractivity (Wildman–Crippen MR) is 112 cm³/mol. The fourth-order valence-corrected chi connectivity index (χ4v) is 4.18. The first kappa shape index (κ1) is 21.1. The summed E-state index contributed by atoms with van der Waals surface area (Å²) < 4.78 is 45.4. The van der Waals surface area contributed by atoms with E-state index >= 15 is 0 Å². The molecule has 1 N–H and O–H groups in total. The van der Waals surface area contributed by atoms with Gasteiger partial charge >= 0.3 is 11.9 Å². The molecular weight excluding hydrogens is 455 g/mol. The maximum absolute atomic E-state index is 13.1. The van der Waals surface area contributed by atoms with Crippen molar-refractivity contribution in [1.29, 1.82) is 0 Å². The lowest BCUT2D eigenvalue weighted by Crippen LogP contribution is -2.40. The fourth-order valence-electron chi connectivity index (χ4n) is 3.26. The first-order valence-corrected chi connectivity index (χ1v) is 9.93. The summed E-state index contributed by atoms with van der Waals surface area (Å²) in [4.78, 5) is 25.0. The third kappa shape index (κ3) is 3.51. The van der Waals surface area contributed by atoms with E-state index in [1.54, 1.807) is 19.1 Å². The van der Waals surface area contributed by atoms with Gasteiger partial charge in [0.15, 0.2) is 0 Å². The van der Waals surface area contributed by atoms with Gasteiger partial charge in [-0.1, -0.05) is 11.6 Å². The number of fused-ring (bicyclic) bond motifs is 1. The topological polar surface area (TPSA) is 77.1 Å². The Morgan fingerprint density at radius 3 is 2.52 bits per heavy atom. The van der Waals surface area contributed by atoms with Gasteiger partial charge in [0, 0.05) is 29.1 Å². The van der Waals surface area contributed by atoms with Crippen molar-refractivity contribution < 1.29 is 18.3 Å². The van der Waals surface area contributed by atoms with Crippen LogP contribution >= 0.6 is 23.1 Å². The molecule has 0 aliphatic heterocycles. The van der Waals surface area contributed by atoms with Crippen molar-refractivity contribution in [3.8, 4) is 22.7 Å². The molecule has 0 saturated heterocycles. The van der Waals surface area contributed by atoms with Crippen molar-refractivity contribution in [2.75, 3.05) is 0 Å². The smallest absolute Gasteiger partial charge is 0.431 e. The monoisotopic (exact) mass is 467 g/mol. The van der Waals surface area contributed by atoms with E-state index in [1.165, 1.54) is 18.2 Å². The zero-order valence-electron chi connectivity index (χ0n) is 16.0. The van der Waals surface area contributed by atoms with Gasteiger partial charge in [-0.2, -0.15) is 17.5 Å². The molecule has 0 unspecified atom stereocenters. The van der Waals surface area contributed by atoms with Gasteiger partial charge in [-0.25, -0.2) is 9.36 Å². The molecule has 0 bridgehead atoms. The van der Waals surface area contributed by atoms with Gasteiger partial charge < -0.3 is 5.11 Å². The minimum absolute atomic E-state index is 0.0819. The highest BCUT2D eigenvalue weighted by molar-refractivity contribution is 7.13. The summed E-state index contributed by atoms with van der Waals surface area (Å²) in [6.45, 7) is 1.76. The van der Waals surface area contributed by atoms with Crippen molar-refractivity contribution in [2.45, 2.75) is 13.1 Å². The Labute approximate surface area is 181 Å². The van der Waals surface area contributed by atoms with E-state index in [9.17, 15) is 27.9 Å². The molecule has 0 atom stereocenters. The van der Waals surface area contributed by atoms with Gasteiger partial charge in [0.05, 0.1) is 16.1 Å². The van der Waals surface area contributed by atoms with Crippen LogP contribution in [0.15, 0.2) is 46.0 Å². The summed E-state index contributed by atoms with van der Waals surface area (Å²) in [5, 5.41) is 11.2. The van der Waals surface area contributed by atoms with E-state index in [2.05, 4.69) is 4.37 Å². The maximum atomic E-state index is 13.1. The zero-order chi connectivity index (χ0) is 22.7. The van der Waals surface area contributed by atoms with E-state index < -0.39 is 23.1 Å². The largest absolute Gasteiger partial charge is 0.507 e. The molecule has 2 heterocycles. The van der Waals surface area contributed by atoms with Crippen LogP contribution in [0.4, 0.5) is 13.2 Å². The summed E-state index contributed by atoms with van der Waals surface area (Å²) in [6, 6.07) is 7.96. The first-order valence-electron chi connectivity index (χ1n) is 8.78. The minimum atomic E-state index is -4.84. The van der Waals surface area contributed by atoms with Crippen LogP contribution in [0.3, 0.4) is 0 Å². The normalized spacial score (nSPS) is 11.9. The Bertz CT molecular complexity index is 1470. The molecule has 0 spiro atoms. The van der Waals surface area contributed by atoms with Crippen LogP contribution in [0.25, 0.3) is 27.0 Å². The molecule has 0 radical (unpaired) electrons. The Morgan fingerprint density at radius 2 is 1.84 bits per heavy atom. The summed E-state index contributed by atoms with van der Waals surface area (Å²) >= 11 is 7.17. The first-order chi connectivity index (χ1) is 14.5. The fraction of sp³-hybridized carbons (Fsp3) is 0.150. The van der Waals surface area contributed by atoms with E-state index in [1.807, 2.05) is 0 Å². The number of alkyl halides is 3. The number of nitrogens with zero attached hydrogens (tertiary/aromatic N) is 3. The number of aromatic hydroxyl groups is 1. The number of hydrogen-bond acceptors (Lipinski definition) is 5. The molecule has 31 heavy (non-hydrogen) atoms. The molecule has 11 heteroatoms. The van der Waals surface area contributed by atoms with Crippen LogP contribution < -0.4 is 11.2 Å². The van der Waals surface area contributed by atoms with Gasteiger partial charge in [-0.05, 0) is 54.4 Å². The molecule has 0 saturated carbocycles. The SMILES string of the molecule is Cc1cc(-c2nsc3ccc(-n4c(=O)cc(C(F)(F)F)n(C)c4=O)cc23)c(O)cc1Cl. The minimum Gasteiger partial charge on any atom is -0.507 e. The Hall–Kier alpha value is -3.11. The number of rotatable bonds is 2. The lowest BCUT2D eigenvalue weighted by atomic mass is 10.0. The second kappa shape index (κ2) is 7.24. The van der Waals surface area contributed by atoms with Crippen molar-refractivity contribution in [3.05, 3.63) is 73.5 Å². The van der Waals surface area contributed by atoms with E-state index in [0.29, 0.717) is 47.1 Å². The molecule has 0 amide bonds. The number of halogens is 4. The Kier molecular flexibility index (Phi) is 4.94. The van der Waals surface area contributed by atoms with Gasteiger partial charge in [-0.3, -0.25) is 9.36 Å².